The zero-order valence-electron chi connectivity index (χ0n) is 14.0. The van der Waals surface area contributed by atoms with Gasteiger partial charge in [0.2, 0.25) is 0 Å². The maximum Gasteiger partial charge on any atom is 0.126 e. The molecule has 0 radical (unpaired) electrons. The first-order valence-electron chi connectivity index (χ1n) is 8.25. The van der Waals surface area contributed by atoms with Crippen molar-refractivity contribution in [2.24, 2.45) is 5.10 Å². The van der Waals surface area contributed by atoms with Crippen molar-refractivity contribution in [3.8, 4) is 5.75 Å². The van der Waals surface area contributed by atoms with E-state index in [0.717, 1.165) is 37.5 Å². The second-order valence-corrected chi connectivity index (χ2v) is 5.64. The highest BCUT2D eigenvalue weighted by Gasteiger charge is 2.14. The third kappa shape index (κ3) is 4.16. The van der Waals surface area contributed by atoms with Crippen molar-refractivity contribution in [1.29, 1.82) is 0 Å². The maximum absolute atomic E-state index is 5.33. The Kier molecular flexibility index (Phi) is 5.51. The molecule has 0 N–H and O–H groups in total. The molecule has 4 heteroatoms. The van der Waals surface area contributed by atoms with Gasteiger partial charge < -0.3 is 9.64 Å². The molecule has 0 aliphatic carbocycles. The Bertz CT molecular complexity index is 689. The van der Waals surface area contributed by atoms with E-state index in [1.54, 1.807) is 7.11 Å². The fourth-order valence-electron chi connectivity index (χ4n) is 2.79. The zero-order chi connectivity index (χ0) is 16.6. The lowest BCUT2D eigenvalue weighted by molar-refractivity contribution is 0.272. The first kappa shape index (κ1) is 16.1. The number of ether oxygens (including phenoxy) is 1. The number of hydrogen-bond acceptors (Lipinski definition) is 4. The Morgan fingerprint density at radius 2 is 1.62 bits per heavy atom. The van der Waals surface area contributed by atoms with Gasteiger partial charge in [-0.3, -0.25) is 5.01 Å². The topological polar surface area (TPSA) is 28.1 Å². The number of piperazine rings is 1. The molecule has 2 aromatic rings. The largest absolute Gasteiger partial charge is 0.496 e. The Balaban J connectivity index is 1.51. The number of anilines is 1. The molecule has 4 nitrogen and oxygen atoms in total. The van der Waals surface area contributed by atoms with Crippen LogP contribution in [0.3, 0.4) is 0 Å². The summed E-state index contributed by atoms with van der Waals surface area (Å²) in [6.07, 6.45) is 5.83. The van der Waals surface area contributed by atoms with Crippen LogP contribution in [0.5, 0.6) is 5.75 Å². The smallest absolute Gasteiger partial charge is 0.126 e. The molecule has 0 atom stereocenters. The predicted octanol–water partition coefficient (Wildman–Crippen LogP) is 3.52. The highest BCUT2D eigenvalue weighted by molar-refractivity contribution is 5.79. The van der Waals surface area contributed by atoms with Crippen molar-refractivity contribution < 1.29 is 4.74 Å². The van der Waals surface area contributed by atoms with Gasteiger partial charge in [0, 0.05) is 30.6 Å². The molecule has 0 bridgehead atoms. The van der Waals surface area contributed by atoms with E-state index in [0.29, 0.717) is 0 Å². The van der Waals surface area contributed by atoms with E-state index in [1.807, 2.05) is 42.6 Å². The van der Waals surface area contributed by atoms with E-state index < -0.39 is 0 Å². The van der Waals surface area contributed by atoms with Gasteiger partial charge in [0.05, 0.1) is 20.2 Å². The lowest BCUT2D eigenvalue weighted by Crippen LogP contribution is -2.44. The minimum atomic E-state index is 0.874. The lowest BCUT2D eigenvalue weighted by atomic mass is 10.2. The van der Waals surface area contributed by atoms with Crippen LogP contribution in [0.2, 0.25) is 0 Å². The van der Waals surface area contributed by atoms with Crippen LogP contribution in [-0.2, 0) is 0 Å². The summed E-state index contributed by atoms with van der Waals surface area (Å²) in [5, 5.41) is 6.65. The highest BCUT2D eigenvalue weighted by atomic mass is 16.5. The molecule has 24 heavy (non-hydrogen) atoms. The quantitative estimate of drug-likeness (QED) is 0.789. The summed E-state index contributed by atoms with van der Waals surface area (Å²) in [5.74, 6) is 0.874. The standard InChI is InChI=1S/C20H23N3O/c1-24-20-12-6-5-8-18(20)9-7-13-21-23-16-14-22(15-17-23)19-10-3-2-4-11-19/h2-13H,14-17H2,1H3/b9-7+,21-13+. The second-order valence-electron chi connectivity index (χ2n) is 5.64. The maximum atomic E-state index is 5.33. The number of hydrazone groups is 1. The van der Waals surface area contributed by atoms with Gasteiger partial charge in [0.25, 0.3) is 0 Å². The van der Waals surface area contributed by atoms with Gasteiger partial charge in [-0.25, -0.2) is 0 Å². The van der Waals surface area contributed by atoms with Gasteiger partial charge >= 0.3 is 0 Å². The first-order chi connectivity index (χ1) is 11.9. The molecule has 3 rings (SSSR count). The molecule has 0 aromatic heterocycles. The summed E-state index contributed by atoms with van der Waals surface area (Å²) in [6.45, 7) is 3.87. The van der Waals surface area contributed by atoms with Gasteiger partial charge in [0.1, 0.15) is 5.75 Å². The van der Waals surface area contributed by atoms with E-state index in [1.165, 1.54) is 5.69 Å². The predicted molar refractivity (Wildman–Crippen MR) is 101 cm³/mol. The Hall–Kier alpha value is -2.75. The minimum absolute atomic E-state index is 0.874. The van der Waals surface area contributed by atoms with E-state index in [2.05, 4.69) is 45.3 Å². The Morgan fingerprint density at radius 1 is 0.917 bits per heavy atom. The van der Waals surface area contributed by atoms with Gasteiger partial charge in [-0.15, -0.1) is 0 Å². The van der Waals surface area contributed by atoms with Crippen LogP contribution in [0.25, 0.3) is 6.08 Å². The van der Waals surface area contributed by atoms with Crippen molar-refractivity contribution in [2.45, 2.75) is 0 Å². The van der Waals surface area contributed by atoms with E-state index in [9.17, 15) is 0 Å². The van der Waals surface area contributed by atoms with Gasteiger partial charge in [-0.2, -0.15) is 5.10 Å². The van der Waals surface area contributed by atoms with E-state index in [4.69, 9.17) is 4.74 Å². The van der Waals surface area contributed by atoms with Gasteiger partial charge in [-0.05, 0) is 30.4 Å². The minimum Gasteiger partial charge on any atom is -0.496 e. The molecule has 0 amide bonds. The third-order valence-corrected chi connectivity index (χ3v) is 4.11. The third-order valence-electron chi connectivity index (χ3n) is 4.11. The Morgan fingerprint density at radius 3 is 2.38 bits per heavy atom. The molecule has 2 aromatic carbocycles. The fraction of sp³-hybridized carbons (Fsp3) is 0.250. The lowest BCUT2D eigenvalue weighted by Gasteiger charge is -2.34. The highest BCUT2D eigenvalue weighted by Crippen LogP contribution is 2.18. The van der Waals surface area contributed by atoms with Crippen LogP contribution < -0.4 is 9.64 Å². The van der Waals surface area contributed by atoms with Crippen LogP contribution >= 0.6 is 0 Å². The summed E-state index contributed by atoms with van der Waals surface area (Å²) in [6, 6.07) is 18.5. The number of hydrogen-bond donors (Lipinski definition) is 0. The van der Waals surface area contributed by atoms with Crippen molar-refractivity contribution in [3.05, 3.63) is 66.2 Å². The molecule has 0 unspecified atom stereocenters. The number of nitrogens with zero attached hydrogens (tertiary/aromatic N) is 3. The summed E-state index contributed by atoms with van der Waals surface area (Å²) in [4.78, 5) is 2.40. The molecule has 124 valence electrons. The molecule has 0 saturated carbocycles. The molecular weight excluding hydrogens is 298 g/mol. The summed E-state index contributed by atoms with van der Waals surface area (Å²) < 4.78 is 5.33. The molecule has 1 aliphatic rings. The van der Waals surface area contributed by atoms with Crippen molar-refractivity contribution >= 4 is 18.0 Å². The molecule has 1 saturated heterocycles. The van der Waals surface area contributed by atoms with E-state index in [-0.39, 0.29) is 0 Å². The number of methoxy groups -OCH3 is 1. The molecule has 1 fully saturated rings. The van der Waals surface area contributed by atoms with Crippen LogP contribution in [0, 0.1) is 0 Å². The van der Waals surface area contributed by atoms with Crippen molar-refractivity contribution in [3.63, 3.8) is 0 Å². The molecule has 0 spiro atoms. The summed E-state index contributed by atoms with van der Waals surface area (Å²) in [7, 11) is 1.69. The normalized spacial score (nSPS) is 15.4. The molecular formula is C20H23N3O. The van der Waals surface area contributed by atoms with Crippen LogP contribution in [-0.4, -0.2) is 44.5 Å². The first-order valence-corrected chi connectivity index (χ1v) is 8.25. The average Bonchev–Trinajstić information content (AvgIpc) is 2.67. The number of rotatable bonds is 5. The monoisotopic (exact) mass is 321 g/mol. The number of allylic oxidation sites excluding steroid dienone is 1. The molecule has 1 heterocycles. The second kappa shape index (κ2) is 8.20. The van der Waals surface area contributed by atoms with Gasteiger partial charge in [-0.1, -0.05) is 36.4 Å². The fourth-order valence-corrected chi connectivity index (χ4v) is 2.79. The SMILES string of the molecule is COc1ccccc1/C=C/C=N/N1CCN(c2ccccc2)CC1. The van der Waals surface area contributed by atoms with Crippen molar-refractivity contribution in [2.75, 3.05) is 38.2 Å². The van der Waals surface area contributed by atoms with Crippen LogP contribution in [0.4, 0.5) is 5.69 Å². The summed E-state index contributed by atoms with van der Waals surface area (Å²) >= 11 is 0. The molecule has 1 aliphatic heterocycles. The summed E-state index contributed by atoms with van der Waals surface area (Å²) in [5.41, 5.74) is 2.34. The Labute approximate surface area is 143 Å². The number of para-hydroxylation sites is 2. The zero-order valence-corrected chi connectivity index (χ0v) is 14.0. The van der Waals surface area contributed by atoms with Crippen LogP contribution in [0.15, 0.2) is 65.8 Å². The van der Waals surface area contributed by atoms with E-state index >= 15 is 0 Å². The van der Waals surface area contributed by atoms with Gasteiger partial charge in [0.15, 0.2) is 0 Å². The number of benzene rings is 2. The van der Waals surface area contributed by atoms with Crippen LogP contribution in [0.1, 0.15) is 5.56 Å². The average molecular weight is 321 g/mol. The van der Waals surface area contributed by atoms with Crippen molar-refractivity contribution in [1.82, 2.24) is 5.01 Å².